The fourth-order valence-corrected chi connectivity index (χ4v) is 7.38. The largest absolute Gasteiger partial charge is 0.309 e. The number of rotatable bonds is 3. The van der Waals surface area contributed by atoms with Crippen LogP contribution in [-0.4, -0.2) is 18.9 Å². The van der Waals surface area contributed by atoms with Crippen LogP contribution in [0.2, 0.25) is 0 Å². The smallest absolute Gasteiger partial charge is 0.233 e. The van der Waals surface area contributed by atoms with E-state index in [4.69, 9.17) is 5.10 Å². The lowest BCUT2D eigenvalue weighted by molar-refractivity contribution is -0.120. The number of aromatic nitrogens is 2. The molecule has 0 saturated heterocycles. The number of alkyl halides is 2. The van der Waals surface area contributed by atoms with Crippen molar-refractivity contribution in [2.45, 2.75) is 60.6 Å². The van der Waals surface area contributed by atoms with Crippen molar-refractivity contribution in [2.24, 2.45) is 23.2 Å². The molecule has 1 N–H and O–H groups in total. The topological polar surface area (TPSA) is 46.9 Å². The van der Waals surface area contributed by atoms with Crippen LogP contribution in [0.3, 0.4) is 0 Å². The van der Waals surface area contributed by atoms with Crippen LogP contribution in [0.25, 0.3) is 0 Å². The molecule has 130 valence electrons. The number of anilines is 1. The third-order valence-corrected chi connectivity index (χ3v) is 9.39. The monoisotopic (exact) mass is 455 g/mol. The highest BCUT2D eigenvalue weighted by Gasteiger charge is 2.66. The summed E-state index contributed by atoms with van der Waals surface area (Å²) < 4.78 is 1.93. The minimum atomic E-state index is -0.405. The third-order valence-electron chi connectivity index (χ3n) is 7.08. The van der Waals surface area contributed by atoms with E-state index in [0.717, 1.165) is 24.2 Å². The van der Waals surface area contributed by atoms with Crippen molar-refractivity contribution in [3.63, 3.8) is 0 Å². The first kappa shape index (κ1) is 15.9. The van der Waals surface area contributed by atoms with Gasteiger partial charge in [0, 0.05) is 12.3 Å². The van der Waals surface area contributed by atoms with Crippen LogP contribution >= 0.6 is 31.9 Å². The van der Waals surface area contributed by atoms with Gasteiger partial charge in [-0.05, 0) is 69.6 Å². The Morgan fingerprint density at radius 3 is 2.25 bits per heavy atom. The third kappa shape index (κ3) is 2.21. The lowest BCUT2D eigenvalue weighted by Crippen LogP contribution is -2.52. The van der Waals surface area contributed by atoms with Gasteiger partial charge >= 0.3 is 0 Å². The van der Waals surface area contributed by atoms with Gasteiger partial charge in [-0.15, -0.1) is 0 Å². The lowest BCUT2D eigenvalue weighted by Gasteiger charge is -2.56. The maximum atomic E-state index is 12.5. The van der Waals surface area contributed by atoms with Crippen LogP contribution < -0.4 is 5.32 Å². The minimum Gasteiger partial charge on any atom is -0.309 e. The Labute approximate surface area is 159 Å². The highest BCUT2D eigenvalue weighted by Crippen LogP contribution is 2.66. The number of hydrogen-bond acceptors (Lipinski definition) is 2. The van der Waals surface area contributed by atoms with Gasteiger partial charge in [-0.25, -0.2) is 0 Å². The fourth-order valence-electron chi connectivity index (χ4n) is 5.90. The van der Waals surface area contributed by atoms with Gasteiger partial charge in [0.2, 0.25) is 5.91 Å². The Bertz CT molecular complexity index is 678. The number of nitrogens with zero attached hydrogens (tertiary/aromatic N) is 2. The SMILES string of the molecule is C[C@]1(C(=O)Nc2ccn(C34CC5CC(CC(C5)C3)C4)n2)CC1(Br)Br. The van der Waals surface area contributed by atoms with Crippen LogP contribution in [0.1, 0.15) is 51.9 Å². The Hall–Kier alpha value is -0.360. The summed E-state index contributed by atoms with van der Waals surface area (Å²) >= 11 is 7.13. The molecule has 5 saturated carbocycles. The number of hydrogen-bond donors (Lipinski definition) is 1. The molecule has 1 amide bonds. The van der Waals surface area contributed by atoms with E-state index in [9.17, 15) is 4.79 Å². The van der Waals surface area contributed by atoms with Crippen molar-refractivity contribution in [1.29, 1.82) is 0 Å². The highest BCUT2D eigenvalue weighted by molar-refractivity contribution is 9.25. The first-order chi connectivity index (χ1) is 11.3. The van der Waals surface area contributed by atoms with Crippen LogP contribution in [0.15, 0.2) is 12.3 Å². The molecule has 0 unspecified atom stereocenters. The van der Waals surface area contributed by atoms with Gasteiger partial charge in [0.25, 0.3) is 0 Å². The van der Waals surface area contributed by atoms with Gasteiger partial charge in [0.05, 0.1) is 14.2 Å². The molecule has 0 radical (unpaired) electrons. The molecule has 0 aliphatic heterocycles. The molecule has 1 atom stereocenters. The average Bonchev–Trinajstić information content (AvgIpc) is 2.83. The van der Waals surface area contributed by atoms with Crippen molar-refractivity contribution < 1.29 is 4.79 Å². The number of halogens is 2. The number of carbonyl (C=O) groups is 1. The minimum absolute atomic E-state index is 0.0343. The van der Waals surface area contributed by atoms with Crippen molar-refractivity contribution in [3.05, 3.63) is 12.3 Å². The van der Waals surface area contributed by atoms with Gasteiger partial charge in [-0.2, -0.15) is 5.10 Å². The molecule has 5 aliphatic rings. The average molecular weight is 457 g/mol. The number of nitrogens with one attached hydrogen (secondary N) is 1. The van der Waals surface area contributed by atoms with E-state index in [-0.39, 0.29) is 14.7 Å². The predicted molar refractivity (Wildman–Crippen MR) is 100 cm³/mol. The molecule has 5 aliphatic carbocycles. The van der Waals surface area contributed by atoms with E-state index in [0.29, 0.717) is 5.82 Å². The molecule has 1 aromatic heterocycles. The lowest BCUT2D eigenvalue weighted by atomic mass is 9.53. The fraction of sp³-hybridized carbons (Fsp3) is 0.778. The molecular weight excluding hydrogens is 434 g/mol. The van der Waals surface area contributed by atoms with Crippen molar-refractivity contribution in [3.8, 4) is 0 Å². The summed E-state index contributed by atoms with van der Waals surface area (Å²) in [5.74, 6) is 3.41. The first-order valence-electron chi connectivity index (χ1n) is 9.05. The highest BCUT2D eigenvalue weighted by atomic mass is 79.9. The molecule has 0 aromatic carbocycles. The zero-order chi connectivity index (χ0) is 16.7. The molecule has 1 aromatic rings. The molecule has 1 heterocycles. The zero-order valence-electron chi connectivity index (χ0n) is 13.9. The van der Waals surface area contributed by atoms with E-state index >= 15 is 0 Å². The molecule has 4 nitrogen and oxygen atoms in total. The van der Waals surface area contributed by atoms with E-state index in [1.807, 2.05) is 13.0 Å². The van der Waals surface area contributed by atoms with Crippen molar-refractivity contribution in [2.75, 3.05) is 5.32 Å². The van der Waals surface area contributed by atoms with Gasteiger partial charge in [-0.1, -0.05) is 31.9 Å². The Morgan fingerprint density at radius 1 is 1.21 bits per heavy atom. The van der Waals surface area contributed by atoms with Gasteiger partial charge in [0.15, 0.2) is 5.82 Å². The van der Waals surface area contributed by atoms with E-state index in [2.05, 4.69) is 48.1 Å². The summed E-state index contributed by atoms with van der Waals surface area (Å²) in [6.45, 7) is 1.97. The summed E-state index contributed by atoms with van der Waals surface area (Å²) in [5.41, 5.74) is -0.187. The van der Waals surface area contributed by atoms with Crippen LogP contribution in [0.4, 0.5) is 5.82 Å². The maximum absolute atomic E-state index is 12.5. The van der Waals surface area contributed by atoms with Crippen molar-refractivity contribution >= 4 is 43.6 Å². The second kappa shape index (κ2) is 4.87. The standard InChI is InChI=1S/C18H23Br2N3O/c1-16(10-18(16,19)20)15(24)21-14-2-3-23(22-14)17-7-11-4-12(8-17)6-13(5-11)9-17/h2-3,11-13H,4-10H2,1H3,(H,21,22,24)/t11?,12?,13?,16-,17?/m1/s1. The van der Waals surface area contributed by atoms with E-state index in [1.54, 1.807) is 0 Å². The van der Waals surface area contributed by atoms with Crippen LogP contribution in [0.5, 0.6) is 0 Å². The molecular formula is C18H23Br2N3O. The molecule has 6 rings (SSSR count). The molecule has 24 heavy (non-hydrogen) atoms. The van der Waals surface area contributed by atoms with Gasteiger partial charge in [0.1, 0.15) is 0 Å². The number of carbonyl (C=O) groups excluding carboxylic acids is 1. The summed E-state index contributed by atoms with van der Waals surface area (Å²) in [7, 11) is 0. The molecule has 4 bridgehead atoms. The molecule has 5 fully saturated rings. The van der Waals surface area contributed by atoms with Gasteiger partial charge < -0.3 is 5.32 Å². The Balaban J connectivity index is 1.36. The number of amides is 1. The van der Waals surface area contributed by atoms with Crippen LogP contribution in [0, 0.1) is 23.2 Å². The van der Waals surface area contributed by atoms with E-state index < -0.39 is 5.41 Å². The second-order valence-corrected chi connectivity index (χ2v) is 12.7. The first-order valence-corrected chi connectivity index (χ1v) is 10.6. The summed E-state index contributed by atoms with van der Waals surface area (Å²) in [4.78, 5) is 12.5. The zero-order valence-corrected chi connectivity index (χ0v) is 17.1. The Morgan fingerprint density at radius 2 is 1.75 bits per heavy atom. The Kier molecular flexibility index (Phi) is 3.22. The maximum Gasteiger partial charge on any atom is 0.233 e. The van der Waals surface area contributed by atoms with Crippen molar-refractivity contribution in [1.82, 2.24) is 9.78 Å². The molecule has 6 heteroatoms. The van der Waals surface area contributed by atoms with E-state index in [1.165, 1.54) is 38.5 Å². The summed E-state index contributed by atoms with van der Waals surface area (Å²) in [5, 5.41) is 7.80. The van der Waals surface area contributed by atoms with Gasteiger partial charge in [-0.3, -0.25) is 9.48 Å². The van der Waals surface area contributed by atoms with Crippen LogP contribution in [-0.2, 0) is 10.3 Å². The summed E-state index contributed by atoms with van der Waals surface area (Å²) in [6, 6.07) is 1.96. The quantitative estimate of drug-likeness (QED) is 0.673. The predicted octanol–water partition coefficient (Wildman–Crippen LogP) is 4.64. The summed E-state index contributed by atoms with van der Waals surface area (Å²) in [6.07, 6.45) is 11.0. The molecule has 0 spiro atoms. The second-order valence-electron chi connectivity index (χ2n) is 8.95. The normalized spacial score (nSPS) is 44.5.